The number of aromatic hydroxyl groups is 1. The molecule has 13 heavy (non-hydrogen) atoms. The largest absolute Gasteiger partial charge is 0.508 e. The first-order chi connectivity index (χ1) is 6.30. The third-order valence-corrected chi connectivity index (χ3v) is 3.35. The van der Waals surface area contributed by atoms with Crippen LogP contribution in [0.4, 0.5) is 5.69 Å². The number of fused-ring (bicyclic) bond motifs is 2. The van der Waals surface area contributed by atoms with Gasteiger partial charge in [-0.3, -0.25) is 0 Å². The van der Waals surface area contributed by atoms with Gasteiger partial charge in [-0.2, -0.15) is 0 Å². The van der Waals surface area contributed by atoms with Crippen molar-refractivity contribution in [3.63, 3.8) is 0 Å². The van der Waals surface area contributed by atoms with Crippen molar-refractivity contribution in [2.75, 3.05) is 11.9 Å². The molecule has 1 aliphatic carbocycles. The summed E-state index contributed by atoms with van der Waals surface area (Å²) in [6.45, 7) is 1.08. The minimum atomic E-state index is 0.397. The van der Waals surface area contributed by atoms with E-state index in [1.807, 2.05) is 12.1 Å². The van der Waals surface area contributed by atoms with Crippen LogP contribution in [0.2, 0.25) is 0 Å². The zero-order chi connectivity index (χ0) is 8.89. The number of phenols is 1. The normalized spacial score (nSPS) is 22.2. The van der Waals surface area contributed by atoms with E-state index >= 15 is 0 Å². The predicted molar refractivity (Wildman–Crippen MR) is 52.1 cm³/mol. The average molecular weight is 175 g/mol. The molecule has 0 radical (unpaired) electrons. The van der Waals surface area contributed by atoms with Gasteiger partial charge in [-0.1, -0.05) is 0 Å². The standard InChI is InChI=1S/C11H13NO/c13-8-1-2-10-9(7-8)11(3-4-11)5-6-12-10/h1-2,7,12-13H,3-6H2. The van der Waals surface area contributed by atoms with E-state index in [-0.39, 0.29) is 0 Å². The van der Waals surface area contributed by atoms with Gasteiger partial charge in [0.2, 0.25) is 0 Å². The van der Waals surface area contributed by atoms with Crippen LogP contribution < -0.4 is 5.32 Å². The number of phenolic OH excluding ortho intramolecular Hbond substituents is 1. The van der Waals surface area contributed by atoms with Crippen LogP contribution in [0.15, 0.2) is 18.2 Å². The number of hydrogen-bond acceptors (Lipinski definition) is 2. The van der Waals surface area contributed by atoms with Crippen molar-refractivity contribution in [2.24, 2.45) is 0 Å². The Labute approximate surface area is 77.6 Å². The maximum absolute atomic E-state index is 9.42. The monoisotopic (exact) mass is 175 g/mol. The van der Waals surface area contributed by atoms with Crippen molar-refractivity contribution in [3.05, 3.63) is 23.8 Å². The molecule has 2 heteroatoms. The van der Waals surface area contributed by atoms with E-state index in [0.717, 1.165) is 6.54 Å². The fourth-order valence-electron chi connectivity index (χ4n) is 2.37. The summed E-state index contributed by atoms with van der Waals surface area (Å²) in [5.41, 5.74) is 2.99. The van der Waals surface area contributed by atoms with Crippen LogP contribution in [0.1, 0.15) is 24.8 Å². The number of anilines is 1. The number of benzene rings is 1. The Morgan fingerprint density at radius 2 is 2.08 bits per heavy atom. The van der Waals surface area contributed by atoms with Crippen LogP contribution in [-0.2, 0) is 5.41 Å². The first-order valence-electron chi connectivity index (χ1n) is 4.88. The van der Waals surface area contributed by atoms with Crippen molar-refractivity contribution in [3.8, 4) is 5.75 Å². The lowest BCUT2D eigenvalue weighted by Crippen LogP contribution is -2.21. The molecule has 2 N–H and O–H groups in total. The fraction of sp³-hybridized carbons (Fsp3) is 0.455. The summed E-state index contributed by atoms with van der Waals surface area (Å²) < 4.78 is 0. The molecule has 1 aliphatic heterocycles. The van der Waals surface area contributed by atoms with Crippen LogP contribution in [0.3, 0.4) is 0 Å². The van der Waals surface area contributed by atoms with Gasteiger partial charge in [-0.05, 0) is 48.4 Å². The molecule has 1 aromatic rings. The Kier molecular flexibility index (Phi) is 1.22. The molecule has 1 saturated carbocycles. The minimum Gasteiger partial charge on any atom is -0.508 e. The highest BCUT2D eigenvalue weighted by Crippen LogP contribution is 2.55. The lowest BCUT2D eigenvalue weighted by molar-refractivity contribution is 0.472. The van der Waals surface area contributed by atoms with Crippen molar-refractivity contribution < 1.29 is 5.11 Å². The van der Waals surface area contributed by atoms with Crippen LogP contribution >= 0.6 is 0 Å². The molecule has 0 bridgehead atoms. The molecule has 2 nitrogen and oxygen atoms in total. The summed E-state index contributed by atoms with van der Waals surface area (Å²) in [6, 6.07) is 5.67. The first-order valence-corrected chi connectivity index (χ1v) is 4.88. The molecule has 1 fully saturated rings. The SMILES string of the molecule is Oc1ccc2c(c1)C1(CCN2)CC1. The van der Waals surface area contributed by atoms with Gasteiger partial charge in [0.15, 0.2) is 0 Å². The second kappa shape index (κ2) is 2.19. The molecule has 0 aromatic heterocycles. The Balaban J connectivity index is 2.16. The molecule has 0 amide bonds. The zero-order valence-corrected chi connectivity index (χ0v) is 7.51. The lowest BCUT2D eigenvalue weighted by Gasteiger charge is -2.26. The van der Waals surface area contributed by atoms with Gasteiger partial charge in [-0.25, -0.2) is 0 Å². The van der Waals surface area contributed by atoms with E-state index in [1.54, 1.807) is 6.07 Å². The third kappa shape index (κ3) is 0.947. The van der Waals surface area contributed by atoms with E-state index in [9.17, 15) is 5.11 Å². The molecular weight excluding hydrogens is 162 g/mol. The highest BCUT2D eigenvalue weighted by atomic mass is 16.3. The van der Waals surface area contributed by atoms with Crippen molar-refractivity contribution >= 4 is 5.69 Å². The van der Waals surface area contributed by atoms with E-state index in [0.29, 0.717) is 11.2 Å². The molecule has 68 valence electrons. The van der Waals surface area contributed by atoms with Gasteiger partial charge in [0.1, 0.15) is 5.75 Å². The van der Waals surface area contributed by atoms with Crippen LogP contribution in [-0.4, -0.2) is 11.7 Å². The molecule has 1 aromatic carbocycles. The molecule has 1 heterocycles. The Hall–Kier alpha value is -1.18. The van der Waals surface area contributed by atoms with E-state index in [4.69, 9.17) is 0 Å². The summed E-state index contributed by atoms with van der Waals surface area (Å²) in [4.78, 5) is 0. The van der Waals surface area contributed by atoms with E-state index in [1.165, 1.54) is 30.5 Å². The summed E-state index contributed by atoms with van der Waals surface area (Å²) in [5, 5.41) is 12.8. The maximum Gasteiger partial charge on any atom is 0.116 e. The van der Waals surface area contributed by atoms with Gasteiger partial charge >= 0.3 is 0 Å². The molecule has 1 spiro atoms. The molecule has 0 atom stereocenters. The second-order valence-electron chi connectivity index (χ2n) is 4.19. The van der Waals surface area contributed by atoms with E-state index in [2.05, 4.69) is 5.32 Å². The zero-order valence-electron chi connectivity index (χ0n) is 7.51. The molecule has 3 rings (SSSR count). The Bertz CT molecular complexity index is 355. The van der Waals surface area contributed by atoms with Crippen molar-refractivity contribution in [1.82, 2.24) is 0 Å². The van der Waals surface area contributed by atoms with Gasteiger partial charge in [0.25, 0.3) is 0 Å². The van der Waals surface area contributed by atoms with Crippen molar-refractivity contribution in [2.45, 2.75) is 24.7 Å². The van der Waals surface area contributed by atoms with Crippen LogP contribution in [0, 0.1) is 0 Å². The van der Waals surface area contributed by atoms with Gasteiger partial charge in [0, 0.05) is 12.2 Å². The number of rotatable bonds is 0. The Morgan fingerprint density at radius 1 is 1.23 bits per heavy atom. The Morgan fingerprint density at radius 3 is 2.85 bits per heavy atom. The third-order valence-electron chi connectivity index (χ3n) is 3.35. The molecule has 0 unspecified atom stereocenters. The predicted octanol–water partition coefficient (Wildman–Crippen LogP) is 2.24. The lowest BCUT2D eigenvalue weighted by atomic mass is 9.88. The smallest absolute Gasteiger partial charge is 0.116 e. The summed E-state index contributed by atoms with van der Waals surface area (Å²) >= 11 is 0. The van der Waals surface area contributed by atoms with Gasteiger partial charge in [0.05, 0.1) is 0 Å². The highest BCUT2D eigenvalue weighted by Gasteiger charge is 2.46. The van der Waals surface area contributed by atoms with Crippen molar-refractivity contribution in [1.29, 1.82) is 0 Å². The topological polar surface area (TPSA) is 32.3 Å². The molecular formula is C11H13NO. The average Bonchev–Trinajstić information content (AvgIpc) is 2.88. The summed E-state index contributed by atoms with van der Waals surface area (Å²) in [5.74, 6) is 0.397. The van der Waals surface area contributed by atoms with Gasteiger partial charge < -0.3 is 10.4 Å². The minimum absolute atomic E-state index is 0.397. The molecule has 2 aliphatic rings. The number of nitrogens with one attached hydrogen (secondary N) is 1. The van der Waals surface area contributed by atoms with E-state index < -0.39 is 0 Å². The van der Waals surface area contributed by atoms with Gasteiger partial charge in [-0.15, -0.1) is 0 Å². The summed E-state index contributed by atoms with van der Waals surface area (Å²) in [6.07, 6.45) is 3.82. The van der Waals surface area contributed by atoms with Crippen LogP contribution in [0.5, 0.6) is 5.75 Å². The summed E-state index contributed by atoms with van der Waals surface area (Å²) in [7, 11) is 0. The van der Waals surface area contributed by atoms with Crippen LogP contribution in [0.25, 0.3) is 0 Å². The second-order valence-corrected chi connectivity index (χ2v) is 4.19. The highest BCUT2D eigenvalue weighted by molar-refractivity contribution is 5.61. The molecule has 0 saturated heterocycles. The fourth-order valence-corrected chi connectivity index (χ4v) is 2.37. The maximum atomic E-state index is 9.42. The first kappa shape index (κ1) is 7.25. The quantitative estimate of drug-likeness (QED) is 0.593. The number of hydrogen-bond donors (Lipinski definition) is 2.